The number of anilines is 2. The largest absolute Gasteiger partial charge is 0.496 e. The van der Waals surface area contributed by atoms with Gasteiger partial charge >= 0.3 is 0 Å². The number of rotatable bonds is 8. The van der Waals surface area contributed by atoms with Gasteiger partial charge in [0.25, 0.3) is 0 Å². The summed E-state index contributed by atoms with van der Waals surface area (Å²) in [6.45, 7) is 4.72. The van der Waals surface area contributed by atoms with Gasteiger partial charge in [-0.1, -0.05) is 29.3 Å². The summed E-state index contributed by atoms with van der Waals surface area (Å²) >= 11 is 3.47. The first kappa shape index (κ1) is 20.2. The molecule has 0 aliphatic heterocycles. The highest BCUT2D eigenvalue weighted by atomic mass is 79.9. The molecule has 2 heterocycles. The predicted molar refractivity (Wildman–Crippen MR) is 114 cm³/mol. The van der Waals surface area contributed by atoms with E-state index in [1.165, 1.54) is 0 Å². The van der Waals surface area contributed by atoms with E-state index in [-0.39, 0.29) is 12.0 Å². The molecular formula is C19H25BrN6O2. The number of hydrogen-bond acceptors (Lipinski definition) is 7. The molecule has 0 saturated heterocycles. The Kier molecular flexibility index (Phi) is 6.23. The first-order valence-electron chi connectivity index (χ1n) is 9.12. The average molecular weight is 449 g/mol. The molecule has 0 fully saturated rings. The molecule has 0 bridgehead atoms. The van der Waals surface area contributed by atoms with Crippen molar-refractivity contribution < 1.29 is 9.47 Å². The predicted octanol–water partition coefficient (Wildman–Crippen LogP) is 3.84. The number of hydrogen-bond donors (Lipinski definition) is 2. The Morgan fingerprint density at radius 3 is 2.50 bits per heavy atom. The fourth-order valence-corrected chi connectivity index (χ4v) is 3.58. The molecule has 28 heavy (non-hydrogen) atoms. The van der Waals surface area contributed by atoms with Gasteiger partial charge in [-0.05, 0) is 25.5 Å². The van der Waals surface area contributed by atoms with Crippen LogP contribution in [0.2, 0.25) is 0 Å². The van der Waals surface area contributed by atoms with Crippen LogP contribution < -0.4 is 20.5 Å². The maximum absolute atomic E-state index is 5.90. The van der Waals surface area contributed by atoms with Gasteiger partial charge in [-0.15, -0.1) is 0 Å². The Bertz CT molecular complexity index is 949. The number of nitrogens with one attached hydrogen (secondary N) is 1. The summed E-state index contributed by atoms with van der Waals surface area (Å²) in [4.78, 5) is 8.67. The van der Waals surface area contributed by atoms with Crippen LogP contribution in [0.25, 0.3) is 11.0 Å². The van der Waals surface area contributed by atoms with Gasteiger partial charge < -0.3 is 20.5 Å². The van der Waals surface area contributed by atoms with E-state index < -0.39 is 0 Å². The molecule has 1 aromatic carbocycles. The molecule has 0 unspecified atom stereocenters. The van der Waals surface area contributed by atoms with Crippen molar-refractivity contribution >= 4 is 38.7 Å². The lowest BCUT2D eigenvalue weighted by Gasteiger charge is -2.14. The number of aromatic nitrogens is 4. The van der Waals surface area contributed by atoms with Crippen LogP contribution in [0, 0.1) is 0 Å². The van der Waals surface area contributed by atoms with E-state index in [0.717, 1.165) is 22.9 Å². The van der Waals surface area contributed by atoms with Gasteiger partial charge in [0, 0.05) is 10.5 Å². The van der Waals surface area contributed by atoms with Crippen LogP contribution in [0.1, 0.15) is 32.3 Å². The summed E-state index contributed by atoms with van der Waals surface area (Å²) in [7, 11) is 3.27. The average Bonchev–Trinajstić information content (AvgIpc) is 3.05. The zero-order valence-corrected chi connectivity index (χ0v) is 18.1. The number of fused-ring (bicyclic) bond motifs is 1. The molecule has 2 aromatic heterocycles. The van der Waals surface area contributed by atoms with E-state index in [0.29, 0.717) is 34.9 Å². The van der Waals surface area contributed by atoms with Crippen molar-refractivity contribution in [1.82, 2.24) is 19.7 Å². The van der Waals surface area contributed by atoms with Crippen molar-refractivity contribution in [2.24, 2.45) is 0 Å². The lowest BCUT2D eigenvalue weighted by Crippen LogP contribution is -2.16. The summed E-state index contributed by atoms with van der Waals surface area (Å²) in [5.74, 6) is 2.30. The molecule has 0 spiro atoms. The number of halogens is 1. The molecule has 0 saturated carbocycles. The van der Waals surface area contributed by atoms with Gasteiger partial charge in [0.15, 0.2) is 11.3 Å². The molecule has 3 rings (SSSR count). The molecule has 8 nitrogen and oxygen atoms in total. The van der Waals surface area contributed by atoms with E-state index in [1.54, 1.807) is 18.9 Å². The topological polar surface area (TPSA) is 100 Å². The minimum atomic E-state index is 0.219. The molecule has 9 heteroatoms. The second-order valence-corrected chi connectivity index (χ2v) is 7.53. The van der Waals surface area contributed by atoms with Crippen LogP contribution >= 0.6 is 15.9 Å². The van der Waals surface area contributed by atoms with Gasteiger partial charge in [-0.25, -0.2) is 4.98 Å². The van der Waals surface area contributed by atoms with E-state index in [2.05, 4.69) is 50.2 Å². The molecule has 0 amide bonds. The molecule has 0 radical (unpaired) electrons. The SMILES string of the molecule is CCC[C@H](C)Nc1nc(N)nc2cn(Cc3c(OC)cc(Br)cc3OC)nc12. The summed E-state index contributed by atoms with van der Waals surface area (Å²) in [6.07, 6.45) is 3.96. The zero-order valence-electron chi connectivity index (χ0n) is 16.5. The third-order valence-electron chi connectivity index (χ3n) is 4.43. The summed E-state index contributed by atoms with van der Waals surface area (Å²) in [6, 6.07) is 4.07. The van der Waals surface area contributed by atoms with Crippen molar-refractivity contribution in [2.75, 3.05) is 25.3 Å². The van der Waals surface area contributed by atoms with Crippen LogP contribution in [-0.4, -0.2) is 40.0 Å². The van der Waals surface area contributed by atoms with E-state index in [4.69, 9.17) is 15.2 Å². The normalized spacial score (nSPS) is 12.2. The summed E-state index contributed by atoms with van der Waals surface area (Å²) in [5.41, 5.74) is 8.16. The summed E-state index contributed by atoms with van der Waals surface area (Å²) in [5, 5.41) is 8.08. The van der Waals surface area contributed by atoms with Gasteiger partial charge in [0.1, 0.15) is 17.0 Å². The Balaban J connectivity index is 2.00. The number of nitrogen functional groups attached to an aromatic ring is 1. The molecule has 0 aliphatic carbocycles. The lowest BCUT2D eigenvalue weighted by molar-refractivity contribution is 0.381. The second kappa shape index (κ2) is 8.64. The Morgan fingerprint density at radius 1 is 1.21 bits per heavy atom. The minimum absolute atomic E-state index is 0.219. The van der Waals surface area contributed by atoms with Crippen molar-refractivity contribution in [3.05, 3.63) is 28.4 Å². The van der Waals surface area contributed by atoms with Gasteiger partial charge in [0.05, 0.1) is 32.5 Å². The molecular weight excluding hydrogens is 424 g/mol. The minimum Gasteiger partial charge on any atom is -0.496 e. The number of methoxy groups -OCH3 is 2. The van der Waals surface area contributed by atoms with Crippen LogP contribution in [0.15, 0.2) is 22.8 Å². The first-order chi connectivity index (χ1) is 13.4. The Morgan fingerprint density at radius 2 is 1.89 bits per heavy atom. The highest BCUT2D eigenvalue weighted by Crippen LogP contribution is 2.34. The van der Waals surface area contributed by atoms with Gasteiger partial charge in [-0.3, -0.25) is 4.68 Å². The number of nitrogens with zero attached hydrogens (tertiary/aromatic N) is 4. The zero-order chi connectivity index (χ0) is 20.3. The van der Waals surface area contributed by atoms with Gasteiger partial charge in [0.2, 0.25) is 5.95 Å². The van der Waals surface area contributed by atoms with Crippen LogP contribution in [0.5, 0.6) is 11.5 Å². The Hall–Kier alpha value is -2.55. The standard InChI is InChI=1S/C19H25BrN6O2/c1-5-6-11(2)22-18-17-14(23-19(21)24-18)10-26(25-17)9-13-15(27-3)7-12(20)8-16(13)28-4/h7-8,10-11H,5-6,9H2,1-4H3,(H3,21,22,23,24)/t11-/m0/s1. The maximum atomic E-state index is 5.90. The van der Waals surface area contributed by atoms with E-state index in [9.17, 15) is 0 Å². The van der Waals surface area contributed by atoms with E-state index >= 15 is 0 Å². The lowest BCUT2D eigenvalue weighted by atomic mass is 10.1. The molecule has 3 aromatic rings. The van der Waals surface area contributed by atoms with Crippen molar-refractivity contribution in [3.8, 4) is 11.5 Å². The summed E-state index contributed by atoms with van der Waals surface area (Å²) < 4.78 is 13.7. The monoisotopic (exact) mass is 448 g/mol. The van der Waals surface area contributed by atoms with E-state index in [1.807, 2.05) is 18.3 Å². The second-order valence-electron chi connectivity index (χ2n) is 6.61. The first-order valence-corrected chi connectivity index (χ1v) is 9.92. The molecule has 0 aliphatic rings. The van der Waals surface area contributed by atoms with Crippen molar-refractivity contribution in [1.29, 1.82) is 0 Å². The van der Waals surface area contributed by atoms with Crippen molar-refractivity contribution in [2.45, 2.75) is 39.3 Å². The Labute approximate surface area is 172 Å². The van der Waals surface area contributed by atoms with Crippen LogP contribution in [-0.2, 0) is 6.54 Å². The molecule has 3 N–H and O–H groups in total. The van der Waals surface area contributed by atoms with Crippen LogP contribution in [0.4, 0.5) is 11.8 Å². The number of nitrogens with two attached hydrogens (primary N) is 1. The number of ether oxygens (including phenoxy) is 2. The molecule has 150 valence electrons. The quantitative estimate of drug-likeness (QED) is 0.539. The third kappa shape index (κ3) is 4.30. The van der Waals surface area contributed by atoms with Gasteiger partial charge in [-0.2, -0.15) is 10.1 Å². The number of benzene rings is 1. The van der Waals surface area contributed by atoms with Crippen LogP contribution in [0.3, 0.4) is 0 Å². The molecule has 1 atom stereocenters. The third-order valence-corrected chi connectivity index (χ3v) is 4.88. The fraction of sp³-hybridized carbons (Fsp3) is 0.421. The van der Waals surface area contributed by atoms with Crippen molar-refractivity contribution in [3.63, 3.8) is 0 Å². The smallest absolute Gasteiger partial charge is 0.222 e. The maximum Gasteiger partial charge on any atom is 0.222 e. The highest BCUT2D eigenvalue weighted by Gasteiger charge is 2.16. The highest BCUT2D eigenvalue weighted by molar-refractivity contribution is 9.10. The fourth-order valence-electron chi connectivity index (χ4n) is 3.17.